The number of ether oxygens (including phenoxy) is 3. The number of methoxy groups -OCH3 is 1. The number of likely N-dealkylation sites (N-methyl/N-ethyl adjacent to an activating group) is 1. The molecule has 0 radical (unpaired) electrons. The van der Waals surface area contributed by atoms with E-state index in [1.165, 1.54) is 11.0 Å². The number of benzene rings is 2. The number of nitrogens with zero attached hydrogens (tertiary/aromatic N) is 1. The molecule has 0 saturated heterocycles. The Morgan fingerprint density at radius 2 is 1.85 bits per heavy atom. The summed E-state index contributed by atoms with van der Waals surface area (Å²) in [6.07, 6.45) is 3.13. The lowest BCUT2D eigenvalue weighted by Gasteiger charge is -2.21. The van der Waals surface area contributed by atoms with Crippen LogP contribution in [0.15, 0.2) is 42.5 Å². The van der Waals surface area contributed by atoms with Gasteiger partial charge in [-0.2, -0.15) is 0 Å². The Labute approximate surface area is 156 Å². The third-order valence-corrected chi connectivity index (χ3v) is 4.14. The second-order valence-corrected chi connectivity index (χ2v) is 5.89. The van der Waals surface area contributed by atoms with Crippen LogP contribution >= 0.6 is 0 Å². The molecular formula is C20H20N2O5. The predicted octanol–water partition coefficient (Wildman–Crippen LogP) is 2.24. The summed E-state index contributed by atoms with van der Waals surface area (Å²) in [7, 11) is 3.20. The van der Waals surface area contributed by atoms with E-state index in [9.17, 15) is 9.59 Å². The molecule has 2 aromatic rings. The van der Waals surface area contributed by atoms with Crippen LogP contribution in [0.25, 0.3) is 6.08 Å². The maximum Gasteiger partial charge on any atom is 0.250 e. The normalized spacial score (nSPS) is 12.7. The van der Waals surface area contributed by atoms with Crippen LogP contribution < -0.4 is 24.8 Å². The van der Waals surface area contributed by atoms with Gasteiger partial charge in [-0.05, 0) is 48.0 Å². The van der Waals surface area contributed by atoms with Crippen LogP contribution in [0.4, 0.5) is 5.69 Å². The van der Waals surface area contributed by atoms with Crippen LogP contribution in [0.2, 0.25) is 0 Å². The zero-order valence-corrected chi connectivity index (χ0v) is 15.1. The number of nitrogens with two attached hydrogens (primary N) is 1. The molecule has 0 fully saturated rings. The van der Waals surface area contributed by atoms with Crippen LogP contribution in [-0.2, 0) is 4.79 Å². The van der Waals surface area contributed by atoms with E-state index in [0.717, 1.165) is 5.56 Å². The molecule has 0 unspecified atom stereocenters. The van der Waals surface area contributed by atoms with Crippen molar-refractivity contribution in [2.75, 3.05) is 32.3 Å². The molecule has 2 aromatic carbocycles. The third-order valence-electron chi connectivity index (χ3n) is 4.14. The second-order valence-electron chi connectivity index (χ2n) is 5.89. The smallest absolute Gasteiger partial charge is 0.250 e. The van der Waals surface area contributed by atoms with Gasteiger partial charge in [0.15, 0.2) is 11.5 Å². The van der Waals surface area contributed by atoms with E-state index < -0.39 is 5.91 Å². The number of amides is 2. The molecule has 2 N–H and O–H groups in total. The maximum absolute atomic E-state index is 12.4. The molecule has 0 bridgehead atoms. The standard InChI is InChI=1S/C20H20N2O5/c1-22(15-6-4-14(5-7-15)20(21)24)18(23)8-3-13-11-16(25-2)19-17(12-13)26-9-10-27-19/h3-8,11-12H,9-10H2,1-2H3,(H2,21,24). The Kier molecular flexibility index (Phi) is 5.30. The number of hydrogen-bond acceptors (Lipinski definition) is 5. The van der Waals surface area contributed by atoms with Crippen molar-refractivity contribution in [3.05, 3.63) is 53.6 Å². The quantitative estimate of drug-likeness (QED) is 0.818. The van der Waals surface area contributed by atoms with Gasteiger partial charge in [-0.1, -0.05) is 0 Å². The number of fused-ring (bicyclic) bond motifs is 1. The highest BCUT2D eigenvalue weighted by Gasteiger charge is 2.18. The van der Waals surface area contributed by atoms with Crippen molar-refractivity contribution in [3.8, 4) is 17.2 Å². The third kappa shape index (κ3) is 4.03. The van der Waals surface area contributed by atoms with Gasteiger partial charge in [-0.3, -0.25) is 9.59 Å². The lowest BCUT2D eigenvalue weighted by atomic mass is 10.1. The van der Waals surface area contributed by atoms with Gasteiger partial charge < -0.3 is 24.8 Å². The summed E-state index contributed by atoms with van der Waals surface area (Å²) in [5.41, 5.74) is 7.01. The van der Waals surface area contributed by atoms with E-state index in [0.29, 0.717) is 41.7 Å². The largest absolute Gasteiger partial charge is 0.493 e. The van der Waals surface area contributed by atoms with Crippen LogP contribution in [-0.4, -0.2) is 39.2 Å². The van der Waals surface area contributed by atoms with Gasteiger partial charge in [-0.25, -0.2) is 0 Å². The molecule has 0 saturated carbocycles. The lowest BCUT2D eigenvalue weighted by Crippen LogP contribution is -2.24. The van der Waals surface area contributed by atoms with Crippen LogP contribution in [0.3, 0.4) is 0 Å². The van der Waals surface area contributed by atoms with Gasteiger partial charge in [0, 0.05) is 24.4 Å². The summed E-state index contributed by atoms with van der Waals surface area (Å²) in [5, 5.41) is 0. The highest BCUT2D eigenvalue weighted by atomic mass is 16.6. The van der Waals surface area contributed by atoms with E-state index in [4.69, 9.17) is 19.9 Å². The molecule has 3 rings (SSSR count). The lowest BCUT2D eigenvalue weighted by molar-refractivity contribution is -0.113. The summed E-state index contributed by atoms with van der Waals surface area (Å²) in [6.45, 7) is 0.933. The van der Waals surface area contributed by atoms with Gasteiger partial charge in [0.2, 0.25) is 11.7 Å². The monoisotopic (exact) mass is 368 g/mol. The predicted molar refractivity (Wildman–Crippen MR) is 101 cm³/mol. The number of primary amides is 1. The van der Waals surface area contributed by atoms with Crippen molar-refractivity contribution in [2.24, 2.45) is 5.73 Å². The Morgan fingerprint density at radius 1 is 1.15 bits per heavy atom. The van der Waals surface area contributed by atoms with E-state index in [-0.39, 0.29) is 5.91 Å². The Hall–Kier alpha value is -3.48. The molecular weight excluding hydrogens is 348 g/mol. The maximum atomic E-state index is 12.4. The fourth-order valence-electron chi connectivity index (χ4n) is 2.65. The van der Waals surface area contributed by atoms with Gasteiger partial charge in [0.25, 0.3) is 5.91 Å². The second kappa shape index (κ2) is 7.82. The molecule has 0 aromatic heterocycles. The van der Waals surface area contributed by atoms with E-state index in [1.54, 1.807) is 56.6 Å². The molecule has 7 heteroatoms. The summed E-state index contributed by atoms with van der Waals surface area (Å²) >= 11 is 0. The first-order valence-electron chi connectivity index (χ1n) is 8.33. The number of hydrogen-bond donors (Lipinski definition) is 1. The summed E-state index contributed by atoms with van der Waals surface area (Å²) in [4.78, 5) is 25.0. The molecule has 0 aliphatic carbocycles. The minimum Gasteiger partial charge on any atom is -0.493 e. The molecule has 0 atom stereocenters. The molecule has 140 valence electrons. The molecule has 0 spiro atoms. The van der Waals surface area contributed by atoms with Gasteiger partial charge in [0.1, 0.15) is 13.2 Å². The highest BCUT2D eigenvalue weighted by Crippen LogP contribution is 2.40. The van der Waals surface area contributed by atoms with Crippen molar-refractivity contribution < 1.29 is 23.8 Å². The van der Waals surface area contributed by atoms with Crippen molar-refractivity contribution in [1.82, 2.24) is 0 Å². The minimum absolute atomic E-state index is 0.226. The van der Waals surface area contributed by atoms with Crippen molar-refractivity contribution >= 4 is 23.6 Å². The minimum atomic E-state index is -0.511. The molecule has 1 heterocycles. The summed E-state index contributed by atoms with van der Waals surface area (Å²) < 4.78 is 16.5. The zero-order chi connectivity index (χ0) is 19.4. The van der Waals surface area contributed by atoms with Gasteiger partial charge >= 0.3 is 0 Å². The zero-order valence-electron chi connectivity index (χ0n) is 15.1. The molecule has 1 aliphatic heterocycles. The van der Waals surface area contributed by atoms with Crippen molar-refractivity contribution in [1.29, 1.82) is 0 Å². The van der Waals surface area contributed by atoms with E-state index in [1.807, 2.05) is 0 Å². The number of anilines is 1. The molecule has 2 amide bonds. The topological polar surface area (TPSA) is 91.1 Å². The van der Waals surface area contributed by atoms with Crippen LogP contribution in [0.1, 0.15) is 15.9 Å². The van der Waals surface area contributed by atoms with E-state index >= 15 is 0 Å². The van der Waals surface area contributed by atoms with Crippen LogP contribution in [0.5, 0.6) is 17.2 Å². The molecule has 27 heavy (non-hydrogen) atoms. The first-order chi connectivity index (χ1) is 13.0. The Bertz CT molecular complexity index is 873. The summed E-state index contributed by atoms with van der Waals surface area (Å²) in [5.74, 6) is 0.968. The fourth-order valence-corrected chi connectivity index (χ4v) is 2.65. The van der Waals surface area contributed by atoms with E-state index in [2.05, 4.69) is 0 Å². The first kappa shape index (κ1) is 18.3. The van der Waals surface area contributed by atoms with Gasteiger partial charge in [-0.15, -0.1) is 0 Å². The first-order valence-corrected chi connectivity index (χ1v) is 8.33. The molecule has 7 nitrogen and oxygen atoms in total. The molecule has 1 aliphatic rings. The number of carbonyl (C=O) groups excluding carboxylic acids is 2. The highest BCUT2D eigenvalue weighted by molar-refractivity contribution is 6.03. The Balaban J connectivity index is 1.77. The average molecular weight is 368 g/mol. The SMILES string of the molecule is COc1cc(C=CC(=O)N(C)c2ccc(C(N)=O)cc2)cc2c1OCCO2. The fraction of sp³-hybridized carbons (Fsp3) is 0.200. The Morgan fingerprint density at radius 3 is 2.52 bits per heavy atom. The average Bonchev–Trinajstić information content (AvgIpc) is 2.70. The number of carbonyl (C=O) groups is 2. The van der Waals surface area contributed by atoms with Crippen molar-refractivity contribution in [3.63, 3.8) is 0 Å². The van der Waals surface area contributed by atoms with Crippen molar-refractivity contribution in [2.45, 2.75) is 0 Å². The summed E-state index contributed by atoms with van der Waals surface area (Å²) in [6, 6.07) is 10.1. The number of rotatable bonds is 5. The van der Waals surface area contributed by atoms with Crippen LogP contribution in [0, 0.1) is 0 Å². The van der Waals surface area contributed by atoms with Gasteiger partial charge in [0.05, 0.1) is 7.11 Å².